The maximum absolute atomic E-state index is 3.50. The summed E-state index contributed by atoms with van der Waals surface area (Å²) in [5, 5.41) is 3.50. The molecule has 1 aromatic rings. The van der Waals surface area contributed by atoms with Crippen LogP contribution in [0.4, 0.5) is 5.69 Å². The van der Waals surface area contributed by atoms with Crippen LogP contribution >= 0.6 is 0 Å². The second kappa shape index (κ2) is 5.54. The minimum absolute atomic E-state index is 0.856. The number of benzene rings is 1. The van der Waals surface area contributed by atoms with E-state index < -0.39 is 0 Å². The summed E-state index contributed by atoms with van der Waals surface area (Å²) in [5.74, 6) is 1.71. The molecule has 1 fully saturated rings. The lowest BCUT2D eigenvalue weighted by atomic mass is 10.0. The summed E-state index contributed by atoms with van der Waals surface area (Å²) in [6.45, 7) is 11.6. The summed E-state index contributed by atoms with van der Waals surface area (Å²) in [4.78, 5) is 2.57. The Morgan fingerprint density at radius 1 is 1.24 bits per heavy atom. The lowest BCUT2D eigenvalue weighted by molar-refractivity contribution is 0.337. The van der Waals surface area contributed by atoms with Crippen LogP contribution in [0.5, 0.6) is 0 Å². The Labute approximate surface area is 105 Å². The first-order valence-electron chi connectivity index (χ1n) is 6.68. The molecule has 0 bridgehead atoms. The first kappa shape index (κ1) is 12.4. The minimum atomic E-state index is 0.856. The van der Waals surface area contributed by atoms with Crippen LogP contribution in [0.1, 0.15) is 19.4 Å². The van der Waals surface area contributed by atoms with Gasteiger partial charge in [0.05, 0.1) is 0 Å². The summed E-state index contributed by atoms with van der Waals surface area (Å²) < 4.78 is 0. The van der Waals surface area contributed by atoms with Crippen LogP contribution in [0.15, 0.2) is 24.3 Å². The van der Waals surface area contributed by atoms with E-state index in [4.69, 9.17) is 0 Å². The highest BCUT2D eigenvalue weighted by Gasteiger charge is 2.25. The lowest BCUT2D eigenvalue weighted by Gasteiger charge is -2.16. The number of likely N-dealkylation sites (tertiary alicyclic amines) is 1. The molecule has 17 heavy (non-hydrogen) atoms. The number of rotatable bonds is 4. The molecule has 1 heterocycles. The molecule has 1 aliphatic heterocycles. The average molecular weight is 232 g/mol. The molecule has 0 radical (unpaired) electrons. The van der Waals surface area contributed by atoms with Gasteiger partial charge in [0.15, 0.2) is 0 Å². The number of anilines is 1. The first-order valence-corrected chi connectivity index (χ1v) is 6.68. The van der Waals surface area contributed by atoms with E-state index in [1.807, 2.05) is 0 Å². The molecule has 0 aliphatic carbocycles. The third kappa shape index (κ3) is 3.47. The van der Waals surface area contributed by atoms with Gasteiger partial charge in [-0.15, -0.1) is 0 Å². The number of aryl methyl sites for hydroxylation is 1. The average Bonchev–Trinajstić information content (AvgIpc) is 2.58. The van der Waals surface area contributed by atoms with Crippen molar-refractivity contribution in [2.45, 2.75) is 20.8 Å². The van der Waals surface area contributed by atoms with E-state index in [9.17, 15) is 0 Å². The van der Waals surface area contributed by atoms with Gasteiger partial charge in [0.25, 0.3) is 0 Å². The zero-order valence-electron chi connectivity index (χ0n) is 11.2. The summed E-state index contributed by atoms with van der Waals surface area (Å²) in [6, 6.07) is 8.59. The van der Waals surface area contributed by atoms with Crippen molar-refractivity contribution in [1.29, 1.82) is 0 Å². The number of hydrogen-bond donors (Lipinski definition) is 1. The monoisotopic (exact) mass is 232 g/mol. The molecule has 2 rings (SSSR count). The number of nitrogens with one attached hydrogen (secondary N) is 1. The predicted octanol–water partition coefficient (Wildman–Crippen LogP) is 2.99. The molecular weight excluding hydrogens is 208 g/mol. The maximum atomic E-state index is 3.50. The molecule has 2 atom stereocenters. The Kier molecular flexibility index (Phi) is 4.06. The molecular formula is C15H24N2. The number of hydrogen-bond acceptors (Lipinski definition) is 2. The van der Waals surface area contributed by atoms with Crippen molar-refractivity contribution in [3.8, 4) is 0 Å². The van der Waals surface area contributed by atoms with Crippen LogP contribution in [0.2, 0.25) is 0 Å². The molecule has 0 aromatic heterocycles. The van der Waals surface area contributed by atoms with Crippen LogP contribution in [-0.4, -0.2) is 31.1 Å². The van der Waals surface area contributed by atoms with Crippen molar-refractivity contribution >= 4 is 5.69 Å². The van der Waals surface area contributed by atoms with Crippen molar-refractivity contribution in [2.75, 3.05) is 31.5 Å². The van der Waals surface area contributed by atoms with E-state index in [0.29, 0.717) is 0 Å². The highest BCUT2D eigenvalue weighted by Crippen LogP contribution is 2.21. The molecule has 0 spiro atoms. The van der Waals surface area contributed by atoms with Crippen LogP contribution in [0.25, 0.3) is 0 Å². The van der Waals surface area contributed by atoms with Gasteiger partial charge in [-0.2, -0.15) is 0 Å². The van der Waals surface area contributed by atoms with Gasteiger partial charge < -0.3 is 10.2 Å². The Hall–Kier alpha value is -1.02. The third-order valence-electron chi connectivity index (χ3n) is 3.84. The fourth-order valence-corrected chi connectivity index (χ4v) is 2.54. The van der Waals surface area contributed by atoms with Crippen molar-refractivity contribution < 1.29 is 0 Å². The van der Waals surface area contributed by atoms with Gasteiger partial charge in [0.1, 0.15) is 0 Å². The molecule has 1 aliphatic rings. The fourth-order valence-electron chi connectivity index (χ4n) is 2.54. The molecule has 1 N–H and O–H groups in total. The van der Waals surface area contributed by atoms with Crippen molar-refractivity contribution in [2.24, 2.45) is 11.8 Å². The topological polar surface area (TPSA) is 15.3 Å². The Morgan fingerprint density at radius 3 is 2.59 bits per heavy atom. The molecule has 94 valence electrons. The van der Waals surface area contributed by atoms with E-state index in [1.165, 1.54) is 24.3 Å². The quantitative estimate of drug-likeness (QED) is 0.858. The second-order valence-electron chi connectivity index (χ2n) is 5.51. The van der Waals surface area contributed by atoms with Crippen LogP contribution < -0.4 is 5.32 Å². The van der Waals surface area contributed by atoms with E-state index >= 15 is 0 Å². The minimum Gasteiger partial charge on any atom is -0.384 e. The van der Waals surface area contributed by atoms with Gasteiger partial charge in [-0.1, -0.05) is 26.0 Å². The normalized spacial score (nSPS) is 25.1. The van der Waals surface area contributed by atoms with E-state index in [-0.39, 0.29) is 0 Å². The van der Waals surface area contributed by atoms with E-state index in [1.54, 1.807) is 0 Å². The molecule has 0 amide bonds. The molecule has 2 heteroatoms. The zero-order chi connectivity index (χ0) is 12.3. The van der Waals surface area contributed by atoms with Gasteiger partial charge >= 0.3 is 0 Å². The van der Waals surface area contributed by atoms with Gasteiger partial charge in [0.2, 0.25) is 0 Å². The standard InChI is InChI=1S/C15H24N2/c1-12-5-4-6-15(9-12)16-7-8-17-10-13(2)14(3)11-17/h4-6,9,13-14,16H,7-8,10-11H2,1-3H3. The van der Waals surface area contributed by atoms with Crippen molar-refractivity contribution in [1.82, 2.24) is 4.90 Å². The predicted molar refractivity (Wildman–Crippen MR) is 74.4 cm³/mol. The summed E-state index contributed by atoms with van der Waals surface area (Å²) in [6.07, 6.45) is 0. The molecule has 1 saturated heterocycles. The Morgan fingerprint density at radius 2 is 1.94 bits per heavy atom. The van der Waals surface area contributed by atoms with Crippen molar-refractivity contribution in [3.63, 3.8) is 0 Å². The molecule has 1 aromatic carbocycles. The Bertz CT molecular complexity index is 352. The summed E-state index contributed by atoms with van der Waals surface area (Å²) in [7, 11) is 0. The lowest BCUT2D eigenvalue weighted by Crippen LogP contribution is -2.27. The zero-order valence-corrected chi connectivity index (χ0v) is 11.2. The SMILES string of the molecule is Cc1cccc(NCCN2CC(C)C(C)C2)c1. The van der Waals surface area contributed by atoms with Crippen molar-refractivity contribution in [3.05, 3.63) is 29.8 Å². The van der Waals surface area contributed by atoms with Crippen LogP contribution in [0.3, 0.4) is 0 Å². The fraction of sp³-hybridized carbons (Fsp3) is 0.600. The van der Waals surface area contributed by atoms with Gasteiger partial charge in [0, 0.05) is 31.9 Å². The summed E-state index contributed by atoms with van der Waals surface area (Å²) in [5.41, 5.74) is 2.56. The summed E-state index contributed by atoms with van der Waals surface area (Å²) >= 11 is 0. The van der Waals surface area contributed by atoms with Crippen LogP contribution in [-0.2, 0) is 0 Å². The van der Waals surface area contributed by atoms with Crippen LogP contribution in [0, 0.1) is 18.8 Å². The smallest absolute Gasteiger partial charge is 0.0343 e. The molecule has 2 nitrogen and oxygen atoms in total. The van der Waals surface area contributed by atoms with Gasteiger partial charge in [-0.05, 0) is 36.5 Å². The number of nitrogens with zero attached hydrogens (tertiary/aromatic N) is 1. The highest BCUT2D eigenvalue weighted by atomic mass is 15.2. The third-order valence-corrected chi connectivity index (χ3v) is 3.84. The maximum Gasteiger partial charge on any atom is 0.0343 e. The Balaban J connectivity index is 1.73. The first-order chi connectivity index (χ1) is 8.15. The molecule has 0 saturated carbocycles. The molecule has 2 unspecified atom stereocenters. The largest absolute Gasteiger partial charge is 0.384 e. The van der Waals surface area contributed by atoms with Gasteiger partial charge in [-0.25, -0.2) is 0 Å². The highest BCUT2D eigenvalue weighted by molar-refractivity contribution is 5.45. The van der Waals surface area contributed by atoms with Gasteiger partial charge in [-0.3, -0.25) is 0 Å². The van der Waals surface area contributed by atoms with E-state index in [2.05, 4.69) is 55.3 Å². The second-order valence-corrected chi connectivity index (χ2v) is 5.51. The van der Waals surface area contributed by atoms with E-state index in [0.717, 1.165) is 24.9 Å².